The van der Waals surface area contributed by atoms with Crippen molar-refractivity contribution in [2.45, 2.75) is 38.3 Å². The van der Waals surface area contributed by atoms with Gasteiger partial charge >= 0.3 is 35.5 Å². The maximum Gasteiger partial charge on any atom is 1.00 e. The summed E-state index contributed by atoms with van der Waals surface area (Å²) in [5.41, 5.74) is -1.66. The van der Waals surface area contributed by atoms with E-state index in [-0.39, 0.29) is 54.3 Å². The molecule has 1 saturated carbocycles. The van der Waals surface area contributed by atoms with Crippen molar-refractivity contribution in [3.05, 3.63) is 0 Å². The van der Waals surface area contributed by atoms with Gasteiger partial charge < -0.3 is 9.29 Å². The van der Waals surface area contributed by atoms with Gasteiger partial charge in [-0.3, -0.25) is 9.00 Å². The van der Waals surface area contributed by atoms with E-state index < -0.39 is 22.5 Å². The second-order valence-corrected chi connectivity index (χ2v) is 5.02. The van der Waals surface area contributed by atoms with Gasteiger partial charge in [-0.1, -0.05) is 11.1 Å². The molecule has 0 aliphatic heterocycles. The standard InChI is InChI=1S/C10H17FO4S.Na/c1-2-15-9(12)8-3-5-10(11,6-4-8)7-16(13)14;/h8H,2-7H2,1H3,(H,13,14);/q;+1/p-1. The van der Waals surface area contributed by atoms with Crippen LogP contribution in [0.15, 0.2) is 0 Å². The predicted octanol–water partition coefficient (Wildman–Crippen LogP) is -1.67. The SMILES string of the molecule is CCOC(=O)C1CCC(F)(CS(=O)[O-])CC1.[Na+]. The van der Waals surface area contributed by atoms with Gasteiger partial charge in [-0.05, 0) is 32.6 Å². The molecule has 1 aliphatic carbocycles. The average molecular weight is 274 g/mol. The molecular formula is C10H16FNaO4S. The molecule has 7 heteroatoms. The van der Waals surface area contributed by atoms with Gasteiger partial charge in [-0.25, -0.2) is 4.39 Å². The van der Waals surface area contributed by atoms with Crippen LogP contribution in [0.3, 0.4) is 0 Å². The van der Waals surface area contributed by atoms with Crippen LogP contribution >= 0.6 is 0 Å². The van der Waals surface area contributed by atoms with Gasteiger partial charge in [0.2, 0.25) is 0 Å². The zero-order valence-electron chi connectivity index (χ0n) is 10.2. The fourth-order valence-electron chi connectivity index (χ4n) is 1.99. The number of halogens is 1. The Morgan fingerprint density at radius 3 is 2.47 bits per heavy atom. The average Bonchev–Trinajstić information content (AvgIpc) is 2.17. The molecular weight excluding hydrogens is 258 g/mol. The van der Waals surface area contributed by atoms with Crippen LogP contribution in [-0.2, 0) is 20.6 Å². The van der Waals surface area contributed by atoms with E-state index in [0.717, 1.165) is 0 Å². The van der Waals surface area contributed by atoms with Crippen molar-refractivity contribution < 1.29 is 52.2 Å². The molecule has 1 rings (SSSR count). The Morgan fingerprint density at radius 1 is 1.53 bits per heavy atom. The predicted molar refractivity (Wildman–Crippen MR) is 56.2 cm³/mol. The third-order valence-corrected chi connectivity index (χ3v) is 3.63. The van der Waals surface area contributed by atoms with E-state index in [1.807, 2.05) is 0 Å². The molecule has 0 aromatic rings. The van der Waals surface area contributed by atoms with Crippen LogP contribution in [0.2, 0.25) is 0 Å². The molecule has 0 radical (unpaired) electrons. The van der Waals surface area contributed by atoms with E-state index in [1.54, 1.807) is 6.92 Å². The quantitative estimate of drug-likeness (QED) is 0.349. The number of carbonyl (C=O) groups excluding carboxylic acids is 1. The van der Waals surface area contributed by atoms with Gasteiger partial charge in [0.15, 0.2) is 0 Å². The zero-order chi connectivity index (χ0) is 12.2. The zero-order valence-corrected chi connectivity index (χ0v) is 13.1. The van der Waals surface area contributed by atoms with Gasteiger partial charge in [0, 0.05) is 5.75 Å². The molecule has 0 amide bonds. The monoisotopic (exact) mass is 274 g/mol. The fraction of sp³-hybridized carbons (Fsp3) is 0.900. The van der Waals surface area contributed by atoms with Crippen LogP contribution in [0, 0.1) is 5.92 Å². The van der Waals surface area contributed by atoms with E-state index >= 15 is 0 Å². The Morgan fingerprint density at radius 2 is 2.06 bits per heavy atom. The normalized spacial score (nSPS) is 30.2. The summed E-state index contributed by atoms with van der Waals surface area (Å²) < 4.78 is 39.7. The van der Waals surface area contributed by atoms with Crippen molar-refractivity contribution in [2.24, 2.45) is 5.92 Å². The fourth-order valence-corrected chi connectivity index (χ4v) is 2.70. The Balaban J connectivity index is 0.00000256. The number of hydrogen-bond acceptors (Lipinski definition) is 4. The maximum absolute atomic E-state index is 13.9. The summed E-state index contributed by atoms with van der Waals surface area (Å²) in [7, 11) is 0. The van der Waals surface area contributed by atoms with Crippen molar-refractivity contribution in [3.63, 3.8) is 0 Å². The minimum atomic E-state index is -2.37. The molecule has 0 saturated heterocycles. The van der Waals surface area contributed by atoms with Crippen molar-refractivity contribution in [2.75, 3.05) is 12.4 Å². The molecule has 0 N–H and O–H groups in total. The molecule has 4 nitrogen and oxygen atoms in total. The third kappa shape index (κ3) is 5.79. The first-order chi connectivity index (χ1) is 7.47. The van der Waals surface area contributed by atoms with E-state index in [4.69, 9.17) is 4.74 Å². The number of esters is 1. The molecule has 0 spiro atoms. The number of hydrogen-bond donors (Lipinski definition) is 0. The minimum absolute atomic E-state index is 0. The largest absolute Gasteiger partial charge is 1.00 e. The molecule has 0 bridgehead atoms. The van der Waals surface area contributed by atoms with Gasteiger partial charge in [0.05, 0.1) is 12.5 Å². The second kappa shape index (κ2) is 7.84. The second-order valence-electron chi connectivity index (χ2n) is 4.13. The smallest absolute Gasteiger partial charge is 0.772 e. The summed E-state index contributed by atoms with van der Waals surface area (Å²) in [6, 6.07) is 0. The van der Waals surface area contributed by atoms with Crippen molar-refractivity contribution in [1.29, 1.82) is 0 Å². The van der Waals surface area contributed by atoms with Crippen LogP contribution in [0.25, 0.3) is 0 Å². The summed E-state index contributed by atoms with van der Waals surface area (Å²) in [6.07, 6.45) is 0.966. The van der Waals surface area contributed by atoms with E-state index in [1.165, 1.54) is 0 Å². The number of carbonyl (C=O) groups is 1. The number of alkyl halides is 1. The Kier molecular flexibility index (Phi) is 8.07. The Bertz CT molecular complexity index is 279. The molecule has 1 atom stereocenters. The summed E-state index contributed by atoms with van der Waals surface area (Å²) in [5.74, 6) is -1.04. The molecule has 17 heavy (non-hydrogen) atoms. The first-order valence-electron chi connectivity index (χ1n) is 5.38. The van der Waals surface area contributed by atoms with Gasteiger partial charge in [-0.2, -0.15) is 0 Å². The topological polar surface area (TPSA) is 66.4 Å². The van der Waals surface area contributed by atoms with Crippen LogP contribution in [0.1, 0.15) is 32.6 Å². The molecule has 1 fully saturated rings. The molecule has 1 unspecified atom stereocenters. The molecule has 0 aromatic carbocycles. The molecule has 1 aliphatic rings. The van der Waals surface area contributed by atoms with Crippen LogP contribution < -0.4 is 29.6 Å². The Hall–Kier alpha value is 0.510. The van der Waals surface area contributed by atoms with E-state index in [9.17, 15) is 17.9 Å². The van der Waals surface area contributed by atoms with Crippen molar-refractivity contribution in [1.82, 2.24) is 0 Å². The van der Waals surface area contributed by atoms with Gasteiger partial charge in [-0.15, -0.1) is 0 Å². The van der Waals surface area contributed by atoms with Crippen molar-refractivity contribution in [3.8, 4) is 0 Å². The Labute approximate surface area is 125 Å². The minimum Gasteiger partial charge on any atom is -0.772 e. The summed E-state index contributed by atoms with van der Waals surface area (Å²) in [5, 5.41) is 0. The van der Waals surface area contributed by atoms with Gasteiger partial charge in [0.25, 0.3) is 0 Å². The first kappa shape index (κ1) is 17.5. The summed E-state index contributed by atoms with van der Waals surface area (Å²) in [4.78, 5) is 11.4. The number of rotatable bonds is 4. The molecule has 94 valence electrons. The van der Waals surface area contributed by atoms with Crippen LogP contribution in [0.5, 0.6) is 0 Å². The van der Waals surface area contributed by atoms with Gasteiger partial charge in [0.1, 0.15) is 5.67 Å². The van der Waals surface area contributed by atoms with Crippen molar-refractivity contribution >= 4 is 17.0 Å². The number of ether oxygens (including phenoxy) is 1. The maximum atomic E-state index is 13.9. The van der Waals surface area contributed by atoms with Crippen LogP contribution in [-0.4, -0.2) is 32.8 Å². The third-order valence-electron chi connectivity index (χ3n) is 2.88. The molecule has 0 aromatic heterocycles. The van der Waals surface area contributed by atoms with Crippen LogP contribution in [0.4, 0.5) is 4.39 Å². The summed E-state index contributed by atoms with van der Waals surface area (Å²) in [6.45, 7) is 2.04. The molecule has 0 heterocycles. The van der Waals surface area contributed by atoms with E-state index in [0.29, 0.717) is 19.4 Å². The summed E-state index contributed by atoms with van der Waals surface area (Å²) >= 11 is -2.37. The van der Waals surface area contributed by atoms with E-state index in [2.05, 4.69) is 0 Å². The first-order valence-corrected chi connectivity index (χ1v) is 6.62.